The third-order valence-electron chi connectivity index (χ3n) is 5.00. The first-order valence-corrected chi connectivity index (χ1v) is 13.2. The average Bonchev–Trinajstić information content (AvgIpc) is 3.00. The Kier molecular flexibility index (Phi) is 10.5. The van der Waals surface area contributed by atoms with Crippen LogP contribution in [-0.4, -0.2) is 63.8 Å². The van der Waals surface area contributed by atoms with Gasteiger partial charge in [0.25, 0.3) is 0 Å². The molecule has 2 rings (SSSR count). The van der Waals surface area contributed by atoms with Crippen molar-refractivity contribution in [2.45, 2.75) is 70.3 Å². The minimum absolute atomic E-state index is 0.0314. The second-order valence-corrected chi connectivity index (χ2v) is 10.5. The Morgan fingerprint density at radius 2 is 2.21 bits per heavy atom. The van der Waals surface area contributed by atoms with Crippen molar-refractivity contribution in [2.24, 2.45) is 5.92 Å². The molecular formula is C18H29BNO4PS3. The van der Waals surface area contributed by atoms with Gasteiger partial charge in [0.15, 0.2) is 0 Å². The van der Waals surface area contributed by atoms with Gasteiger partial charge in [-0.15, -0.1) is 0 Å². The molecule has 1 N–H and O–H groups in total. The fraction of sp³-hybridized carbons (Fsp3) is 0.778. The van der Waals surface area contributed by atoms with Gasteiger partial charge in [-0.05, 0) is 5.92 Å². The summed E-state index contributed by atoms with van der Waals surface area (Å²) in [6.45, 7) is 10.8. The van der Waals surface area contributed by atoms with Crippen LogP contribution in [0.1, 0.15) is 46.0 Å². The second kappa shape index (κ2) is 12.1. The van der Waals surface area contributed by atoms with Crippen molar-refractivity contribution in [1.82, 2.24) is 4.90 Å². The van der Waals surface area contributed by atoms with Crippen LogP contribution in [0.25, 0.3) is 0 Å². The van der Waals surface area contributed by atoms with Gasteiger partial charge >= 0.3 is 135 Å². The van der Waals surface area contributed by atoms with Gasteiger partial charge in [-0.2, -0.15) is 0 Å². The van der Waals surface area contributed by atoms with E-state index in [9.17, 15) is 9.90 Å². The number of aliphatic hydroxyl groups is 1. The van der Waals surface area contributed by atoms with Crippen molar-refractivity contribution in [3.8, 4) is 0 Å². The number of hydrogen-bond acceptors (Lipinski definition) is 7. The summed E-state index contributed by atoms with van der Waals surface area (Å²) in [6, 6.07) is 0.111. The number of amides is 1. The molecule has 0 aromatic heterocycles. The Morgan fingerprint density at radius 3 is 2.89 bits per heavy atom. The summed E-state index contributed by atoms with van der Waals surface area (Å²) in [7, 11) is 0. The second-order valence-electron chi connectivity index (χ2n) is 7.68. The molecular weight excluding hydrogens is 432 g/mol. The molecule has 156 valence electrons. The molecule has 10 heteroatoms. The molecule has 2 aliphatic heterocycles. The van der Waals surface area contributed by atoms with Gasteiger partial charge in [0.1, 0.15) is 0 Å². The van der Waals surface area contributed by atoms with Crippen LogP contribution in [0, 0.1) is 5.92 Å². The number of rotatable bonds is 9. The Labute approximate surface area is 184 Å². The number of thiocarbonyl (C=S) groups is 1. The number of carbonyl (C=O) groups excluding carboxylic acids is 1. The molecule has 5 nitrogen and oxygen atoms in total. The number of carbonyl (C=O) groups is 1. The molecule has 0 spiro atoms. The van der Waals surface area contributed by atoms with Gasteiger partial charge in [-0.3, -0.25) is 0 Å². The van der Waals surface area contributed by atoms with Crippen LogP contribution in [-0.2, 0) is 26.0 Å². The molecule has 0 aliphatic carbocycles. The third kappa shape index (κ3) is 7.42. The van der Waals surface area contributed by atoms with E-state index in [1.807, 2.05) is 0 Å². The maximum atomic E-state index is 12.7. The fourth-order valence-electron chi connectivity index (χ4n) is 3.60. The Morgan fingerprint density at radius 1 is 1.50 bits per heavy atom. The molecule has 1 amide bonds. The predicted molar refractivity (Wildman–Crippen MR) is 125 cm³/mol. The third-order valence-corrected chi connectivity index (χ3v) is 7.05. The molecule has 0 aromatic rings. The summed E-state index contributed by atoms with van der Waals surface area (Å²) in [5, 5.41) is 10.5. The fourth-order valence-corrected chi connectivity index (χ4v) is 5.65. The normalized spacial score (nSPS) is 26.7. The molecule has 28 heavy (non-hydrogen) atoms. The average molecular weight is 461 g/mol. The van der Waals surface area contributed by atoms with Crippen LogP contribution in [0.3, 0.4) is 0 Å². The topological polar surface area (TPSA) is 59.0 Å². The van der Waals surface area contributed by atoms with Crippen LogP contribution in [0.15, 0.2) is 12.2 Å². The van der Waals surface area contributed by atoms with Crippen molar-refractivity contribution in [1.29, 1.82) is 0 Å². The number of aliphatic hydroxyl groups excluding tert-OH is 1. The minimum atomic E-state index is -0.753. The molecule has 2 saturated heterocycles. The van der Waals surface area contributed by atoms with Crippen LogP contribution in [0.4, 0.5) is 0 Å². The van der Waals surface area contributed by atoms with E-state index in [-0.39, 0.29) is 37.4 Å². The summed E-state index contributed by atoms with van der Waals surface area (Å²) < 4.78 is 12.1. The molecule has 2 fully saturated rings. The zero-order valence-electron chi connectivity index (χ0n) is 16.5. The van der Waals surface area contributed by atoms with E-state index in [1.165, 1.54) is 0 Å². The molecule has 0 radical (unpaired) electrons. The van der Waals surface area contributed by atoms with Gasteiger partial charge in [0.05, 0.1) is 0 Å². The first-order valence-electron chi connectivity index (χ1n) is 9.61. The molecule has 5 atom stereocenters. The van der Waals surface area contributed by atoms with Crippen LogP contribution in [0.5, 0.6) is 0 Å². The number of nitrogens with zero attached hydrogens (tertiary/aromatic N) is 1. The monoisotopic (exact) mass is 461 g/mol. The van der Waals surface area contributed by atoms with Gasteiger partial charge in [-0.1, -0.05) is 37.8 Å². The Hall–Kier alpha value is 0.115. The molecule has 0 bridgehead atoms. The number of ether oxygens (including phenoxy) is 1. The van der Waals surface area contributed by atoms with Gasteiger partial charge < -0.3 is 0 Å². The SMILES string of the molecule is C=C1C[C@H](C[C@@H](O)CC(=O)N2C(=S)SC[C@H]2C(C)C)O[C@@H](CCOB=[PH]=S)C1. The quantitative estimate of drug-likeness (QED) is 0.186. The van der Waals surface area contributed by atoms with Gasteiger partial charge in [0.2, 0.25) is 0 Å². The summed E-state index contributed by atoms with van der Waals surface area (Å²) >= 11 is 11.7. The van der Waals surface area contributed by atoms with E-state index in [0.29, 0.717) is 23.3 Å². The Balaban J connectivity index is 1.84. The van der Waals surface area contributed by atoms with E-state index < -0.39 is 6.10 Å². The molecule has 2 aliphatic rings. The summed E-state index contributed by atoms with van der Waals surface area (Å²) in [6.07, 6.45) is 1.92. The van der Waals surface area contributed by atoms with E-state index in [1.54, 1.807) is 23.5 Å². The van der Waals surface area contributed by atoms with Crippen molar-refractivity contribution in [3.63, 3.8) is 0 Å². The maximum absolute atomic E-state index is 12.7. The van der Waals surface area contributed by atoms with Gasteiger partial charge in [-0.25, -0.2) is 0 Å². The van der Waals surface area contributed by atoms with Gasteiger partial charge in [0, 0.05) is 5.75 Å². The van der Waals surface area contributed by atoms with E-state index in [4.69, 9.17) is 33.4 Å². The first kappa shape index (κ1) is 24.4. The predicted octanol–water partition coefficient (Wildman–Crippen LogP) is 3.20. The van der Waals surface area contributed by atoms with E-state index in [0.717, 1.165) is 30.6 Å². The summed E-state index contributed by atoms with van der Waals surface area (Å²) in [4.78, 5) is 14.4. The molecule has 2 heterocycles. The summed E-state index contributed by atoms with van der Waals surface area (Å²) in [5.41, 5.74) is 1.12. The number of thioether (sulfide) groups is 1. The van der Waals surface area contributed by atoms with E-state index >= 15 is 0 Å². The van der Waals surface area contributed by atoms with Crippen LogP contribution >= 0.6 is 30.8 Å². The zero-order valence-corrected chi connectivity index (χ0v) is 19.9. The van der Waals surface area contributed by atoms with Crippen LogP contribution in [0.2, 0.25) is 0 Å². The van der Waals surface area contributed by atoms with Crippen molar-refractivity contribution >= 4 is 59.7 Å². The summed E-state index contributed by atoms with van der Waals surface area (Å²) in [5.74, 6) is 1.07. The zero-order chi connectivity index (χ0) is 20.7. The van der Waals surface area contributed by atoms with Crippen LogP contribution < -0.4 is 0 Å². The van der Waals surface area contributed by atoms with Crippen molar-refractivity contribution in [2.75, 3.05) is 12.4 Å². The van der Waals surface area contributed by atoms with E-state index in [2.05, 4.69) is 20.4 Å². The van der Waals surface area contributed by atoms with Crippen molar-refractivity contribution < 1.29 is 19.3 Å². The molecule has 1 unspecified atom stereocenters. The molecule has 0 saturated carbocycles. The molecule has 0 aromatic carbocycles. The van der Waals surface area contributed by atoms with Crippen molar-refractivity contribution in [3.05, 3.63) is 12.2 Å². The first-order chi connectivity index (χ1) is 13.3. The number of hydrogen-bond donors (Lipinski definition) is 1. The standard InChI is InChI=1S/C18H29BNO4PS3/c1-11(2)16-10-28-18(26)20(16)17(22)9-13(21)8-15-7-12(3)6-14(24-15)4-5-23-19-25-27/h11,13-16,21,25H,3-10H2,1-2H3/t13-,14+,15-,16+/m1/s1. The Bertz CT molecular complexity index is 644.